The second kappa shape index (κ2) is 5.99. The average Bonchev–Trinajstić information content (AvgIpc) is 2.37. The summed E-state index contributed by atoms with van der Waals surface area (Å²) in [5.41, 5.74) is 1.68. The van der Waals surface area contributed by atoms with E-state index < -0.39 is 17.7 Å². The number of carboxylic acid groups (broad SMARTS) is 1. The Morgan fingerprint density at radius 1 is 1.38 bits per heavy atom. The lowest BCUT2D eigenvalue weighted by Crippen LogP contribution is -2.23. The molecule has 0 aliphatic rings. The van der Waals surface area contributed by atoms with Gasteiger partial charge in [0.15, 0.2) is 6.10 Å². The SMILES string of the molecule is CCCc1cc(=O)oc2cc(C)cc(O[C@@H](C)C(=O)O)c12. The number of ether oxygens (including phenoxy) is 1. The number of rotatable bonds is 5. The van der Waals surface area contributed by atoms with E-state index in [0.29, 0.717) is 23.1 Å². The summed E-state index contributed by atoms with van der Waals surface area (Å²) in [7, 11) is 0. The monoisotopic (exact) mass is 290 g/mol. The van der Waals surface area contributed by atoms with E-state index in [2.05, 4.69) is 0 Å². The number of aliphatic carboxylic acids is 1. The Labute approximate surface area is 122 Å². The van der Waals surface area contributed by atoms with Crippen molar-refractivity contribution in [1.29, 1.82) is 0 Å². The van der Waals surface area contributed by atoms with Gasteiger partial charge in [-0.2, -0.15) is 0 Å². The van der Waals surface area contributed by atoms with Gasteiger partial charge in [-0.25, -0.2) is 9.59 Å². The van der Waals surface area contributed by atoms with E-state index >= 15 is 0 Å². The van der Waals surface area contributed by atoms with Crippen molar-refractivity contribution in [2.45, 2.75) is 39.7 Å². The summed E-state index contributed by atoms with van der Waals surface area (Å²) in [4.78, 5) is 22.6. The number of benzene rings is 1. The lowest BCUT2D eigenvalue weighted by Gasteiger charge is -2.15. The zero-order chi connectivity index (χ0) is 15.6. The molecule has 0 saturated heterocycles. The molecule has 0 aliphatic carbocycles. The van der Waals surface area contributed by atoms with Crippen molar-refractivity contribution in [1.82, 2.24) is 0 Å². The summed E-state index contributed by atoms with van der Waals surface area (Å²) in [6.07, 6.45) is 0.583. The van der Waals surface area contributed by atoms with Gasteiger partial charge in [0.1, 0.15) is 11.3 Å². The molecule has 21 heavy (non-hydrogen) atoms. The largest absolute Gasteiger partial charge is 0.479 e. The summed E-state index contributed by atoms with van der Waals surface area (Å²) in [6, 6.07) is 4.97. The van der Waals surface area contributed by atoms with Crippen LogP contribution in [0.1, 0.15) is 31.4 Å². The van der Waals surface area contributed by atoms with Gasteiger partial charge in [0, 0.05) is 6.07 Å². The number of carboxylic acids is 1. The first kappa shape index (κ1) is 15.1. The fourth-order valence-corrected chi connectivity index (χ4v) is 2.27. The fourth-order valence-electron chi connectivity index (χ4n) is 2.27. The molecule has 0 fully saturated rings. The van der Waals surface area contributed by atoms with Crippen molar-refractivity contribution in [2.24, 2.45) is 0 Å². The van der Waals surface area contributed by atoms with Crippen LogP contribution in [-0.2, 0) is 11.2 Å². The van der Waals surface area contributed by atoms with Crippen LogP contribution in [0.25, 0.3) is 11.0 Å². The average molecular weight is 290 g/mol. The summed E-state index contributed by atoms with van der Waals surface area (Å²) in [6.45, 7) is 5.31. The Bertz CT molecular complexity index is 729. The molecule has 1 aromatic heterocycles. The highest BCUT2D eigenvalue weighted by molar-refractivity contribution is 5.88. The minimum Gasteiger partial charge on any atom is -0.479 e. The Morgan fingerprint density at radius 2 is 2.10 bits per heavy atom. The predicted molar refractivity (Wildman–Crippen MR) is 78.9 cm³/mol. The molecule has 112 valence electrons. The molecule has 1 N–H and O–H groups in total. The highest BCUT2D eigenvalue weighted by Crippen LogP contribution is 2.31. The molecule has 0 bridgehead atoms. The Hall–Kier alpha value is -2.30. The van der Waals surface area contributed by atoms with Gasteiger partial charge >= 0.3 is 11.6 Å². The molecule has 0 radical (unpaired) electrons. The number of fused-ring (bicyclic) bond motifs is 1. The molecule has 1 atom stereocenters. The van der Waals surface area contributed by atoms with Crippen LogP contribution in [0.4, 0.5) is 0 Å². The fraction of sp³-hybridized carbons (Fsp3) is 0.375. The van der Waals surface area contributed by atoms with Crippen molar-refractivity contribution in [3.05, 3.63) is 39.7 Å². The van der Waals surface area contributed by atoms with E-state index in [4.69, 9.17) is 14.3 Å². The van der Waals surface area contributed by atoms with Crippen molar-refractivity contribution < 1.29 is 19.1 Å². The molecular formula is C16H18O5. The predicted octanol–water partition coefficient (Wildman–Crippen LogP) is 2.91. The molecule has 0 spiro atoms. The van der Waals surface area contributed by atoms with Gasteiger partial charge in [-0.1, -0.05) is 13.3 Å². The Kier molecular flexibility index (Phi) is 4.31. The van der Waals surface area contributed by atoms with Gasteiger partial charge in [0.2, 0.25) is 0 Å². The quantitative estimate of drug-likeness (QED) is 0.857. The topological polar surface area (TPSA) is 76.7 Å². The molecule has 5 nitrogen and oxygen atoms in total. The van der Waals surface area contributed by atoms with Gasteiger partial charge in [-0.05, 0) is 43.5 Å². The van der Waals surface area contributed by atoms with Crippen LogP contribution < -0.4 is 10.4 Å². The van der Waals surface area contributed by atoms with Gasteiger partial charge in [-0.3, -0.25) is 0 Å². The molecular weight excluding hydrogens is 272 g/mol. The van der Waals surface area contributed by atoms with Crippen LogP contribution >= 0.6 is 0 Å². The molecule has 1 aromatic carbocycles. The summed E-state index contributed by atoms with van der Waals surface area (Å²) >= 11 is 0. The standard InChI is InChI=1S/C16H18O5/c1-4-5-11-8-14(17)21-13-7-9(2)6-12(15(11)13)20-10(3)16(18)19/h6-8,10H,4-5H2,1-3H3,(H,18,19)/t10-/m0/s1. The van der Waals surface area contributed by atoms with Crippen molar-refractivity contribution in [3.8, 4) is 5.75 Å². The van der Waals surface area contributed by atoms with Crippen LogP contribution in [-0.4, -0.2) is 17.2 Å². The summed E-state index contributed by atoms with van der Waals surface area (Å²) < 4.78 is 10.8. The van der Waals surface area contributed by atoms with E-state index in [1.165, 1.54) is 13.0 Å². The van der Waals surface area contributed by atoms with Crippen LogP contribution in [0.2, 0.25) is 0 Å². The highest BCUT2D eigenvalue weighted by atomic mass is 16.5. The van der Waals surface area contributed by atoms with Crippen molar-refractivity contribution >= 4 is 16.9 Å². The number of hydrogen-bond acceptors (Lipinski definition) is 4. The third-order valence-corrected chi connectivity index (χ3v) is 3.20. The minimum atomic E-state index is -1.04. The summed E-state index contributed by atoms with van der Waals surface area (Å²) in [5.74, 6) is -0.605. The summed E-state index contributed by atoms with van der Waals surface area (Å²) in [5, 5.41) is 9.68. The first-order valence-corrected chi connectivity index (χ1v) is 6.89. The number of carbonyl (C=O) groups is 1. The normalized spacial score (nSPS) is 12.3. The lowest BCUT2D eigenvalue weighted by atomic mass is 10.0. The first-order valence-electron chi connectivity index (χ1n) is 6.89. The van der Waals surface area contributed by atoms with Gasteiger partial charge in [0.05, 0.1) is 5.39 Å². The molecule has 0 aliphatic heterocycles. The van der Waals surface area contributed by atoms with Gasteiger partial charge in [0.25, 0.3) is 0 Å². The molecule has 0 saturated carbocycles. The van der Waals surface area contributed by atoms with Gasteiger partial charge < -0.3 is 14.3 Å². The zero-order valence-corrected chi connectivity index (χ0v) is 12.3. The van der Waals surface area contributed by atoms with Crippen LogP contribution in [0.15, 0.2) is 27.4 Å². The lowest BCUT2D eigenvalue weighted by molar-refractivity contribution is -0.144. The Balaban J connectivity index is 2.67. The first-order chi connectivity index (χ1) is 9.92. The third-order valence-electron chi connectivity index (χ3n) is 3.20. The second-order valence-electron chi connectivity index (χ2n) is 5.08. The molecule has 1 heterocycles. The Morgan fingerprint density at radius 3 is 2.71 bits per heavy atom. The molecule has 0 unspecified atom stereocenters. The zero-order valence-electron chi connectivity index (χ0n) is 12.3. The van der Waals surface area contributed by atoms with E-state index in [0.717, 1.165) is 17.5 Å². The minimum absolute atomic E-state index is 0.409. The van der Waals surface area contributed by atoms with Crippen molar-refractivity contribution in [3.63, 3.8) is 0 Å². The van der Waals surface area contributed by atoms with Crippen molar-refractivity contribution in [2.75, 3.05) is 0 Å². The van der Waals surface area contributed by atoms with Gasteiger partial charge in [-0.15, -0.1) is 0 Å². The molecule has 0 amide bonds. The maximum Gasteiger partial charge on any atom is 0.344 e. The van der Waals surface area contributed by atoms with Crippen LogP contribution in [0, 0.1) is 6.92 Å². The van der Waals surface area contributed by atoms with E-state index in [9.17, 15) is 9.59 Å². The van der Waals surface area contributed by atoms with E-state index in [1.54, 1.807) is 12.1 Å². The molecule has 2 rings (SSSR count). The third kappa shape index (κ3) is 3.24. The molecule has 2 aromatic rings. The van der Waals surface area contributed by atoms with Crippen LogP contribution in [0.3, 0.4) is 0 Å². The van der Waals surface area contributed by atoms with E-state index in [1.807, 2.05) is 13.8 Å². The maximum atomic E-state index is 11.6. The highest BCUT2D eigenvalue weighted by Gasteiger charge is 2.17. The number of hydrogen-bond donors (Lipinski definition) is 1. The smallest absolute Gasteiger partial charge is 0.344 e. The molecule has 5 heteroatoms. The van der Waals surface area contributed by atoms with E-state index in [-0.39, 0.29) is 0 Å². The maximum absolute atomic E-state index is 11.6. The second-order valence-corrected chi connectivity index (χ2v) is 5.08. The van der Waals surface area contributed by atoms with Crippen LogP contribution in [0.5, 0.6) is 5.75 Å². The number of aryl methyl sites for hydroxylation is 2.